The van der Waals surface area contributed by atoms with E-state index >= 15 is 0 Å². The molecule has 172 valence electrons. The average Bonchev–Trinajstić information content (AvgIpc) is 2.79. The van der Waals surface area contributed by atoms with Crippen molar-refractivity contribution >= 4 is 27.6 Å². The number of hydrogen-bond donors (Lipinski definition) is 1. The number of morpholine rings is 1. The first kappa shape index (κ1) is 23.7. The molecule has 0 aromatic heterocycles. The van der Waals surface area contributed by atoms with E-state index in [1.165, 1.54) is 28.6 Å². The number of rotatable bonds is 8. The summed E-state index contributed by atoms with van der Waals surface area (Å²) in [5, 5.41) is 2.56. The Labute approximate surface area is 187 Å². The third-order valence-electron chi connectivity index (χ3n) is 4.95. The van der Waals surface area contributed by atoms with Gasteiger partial charge in [0, 0.05) is 18.8 Å². The first-order valence-corrected chi connectivity index (χ1v) is 11.5. The lowest BCUT2D eigenvalue weighted by atomic mass is 10.1. The summed E-state index contributed by atoms with van der Waals surface area (Å²) >= 11 is 0. The molecule has 10 heteroatoms. The fourth-order valence-electron chi connectivity index (χ4n) is 2.98. The van der Waals surface area contributed by atoms with Crippen molar-refractivity contribution in [3.63, 3.8) is 0 Å². The minimum atomic E-state index is -3.61. The molecule has 0 spiro atoms. The first-order valence-electron chi connectivity index (χ1n) is 10.1. The highest BCUT2D eigenvalue weighted by atomic mass is 32.2. The number of carbonyl (C=O) groups is 2. The molecule has 1 saturated heterocycles. The van der Waals surface area contributed by atoms with Gasteiger partial charge in [-0.15, -0.1) is 0 Å². The van der Waals surface area contributed by atoms with Crippen LogP contribution < -0.4 is 10.1 Å². The van der Waals surface area contributed by atoms with Crippen LogP contribution in [-0.4, -0.2) is 64.1 Å². The average molecular weight is 463 g/mol. The Balaban J connectivity index is 1.45. The Morgan fingerprint density at radius 1 is 1.00 bits per heavy atom. The fourth-order valence-corrected chi connectivity index (χ4v) is 4.38. The van der Waals surface area contributed by atoms with Crippen LogP contribution in [0.15, 0.2) is 47.4 Å². The molecule has 0 saturated carbocycles. The molecule has 32 heavy (non-hydrogen) atoms. The predicted octanol–water partition coefficient (Wildman–Crippen LogP) is 1.89. The second-order valence-corrected chi connectivity index (χ2v) is 9.22. The van der Waals surface area contributed by atoms with Crippen LogP contribution in [0.3, 0.4) is 0 Å². The van der Waals surface area contributed by atoms with Gasteiger partial charge in [-0.05, 0) is 61.4 Å². The molecule has 1 fully saturated rings. The Kier molecular flexibility index (Phi) is 7.84. The van der Waals surface area contributed by atoms with E-state index < -0.39 is 28.5 Å². The van der Waals surface area contributed by atoms with Crippen LogP contribution in [0.5, 0.6) is 5.75 Å². The number of benzene rings is 2. The zero-order valence-corrected chi connectivity index (χ0v) is 18.8. The second kappa shape index (κ2) is 10.6. The van der Waals surface area contributed by atoms with Crippen LogP contribution in [0, 0.1) is 13.8 Å². The van der Waals surface area contributed by atoms with E-state index in [1.807, 2.05) is 26.0 Å². The van der Waals surface area contributed by atoms with Crippen LogP contribution in [0.2, 0.25) is 0 Å². The van der Waals surface area contributed by atoms with Gasteiger partial charge >= 0.3 is 5.97 Å². The Morgan fingerprint density at radius 2 is 1.69 bits per heavy atom. The van der Waals surface area contributed by atoms with E-state index in [9.17, 15) is 18.0 Å². The Hall–Kier alpha value is -2.95. The van der Waals surface area contributed by atoms with Gasteiger partial charge in [0.2, 0.25) is 10.0 Å². The van der Waals surface area contributed by atoms with Gasteiger partial charge in [0.25, 0.3) is 5.91 Å². The second-order valence-electron chi connectivity index (χ2n) is 7.28. The highest BCUT2D eigenvalue weighted by molar-refractivity contribution is 7.89. The molecule has 1 aliphatic rings. The summed E-state index contributed by atoms with van der Waals surface area (Å²) < 4.78 is 42.1. The summed E-state index contributed by atoms with van der Waals surface area (Å²) in [6.45, 7) is 4.45. The molecule has 0 radical (unpaired) electrons. The lowest BCUT2D eigenvalue weighted by Crippen LogP contribution is -2.40. The van der Waals surface area contributed by atoms with E-state index in [-0.39, 0.29) is 11.5 Å². The summed E-state index contributed by atoms with van der Waals surface area (Å²) in [7, 11) is -3.61. The Bertz CT molecular complexity index is 1060. The maximum Gasteiger partial charge on any atom is 0.344 e. The van der Waals surface area contributed by atoms with Gasteiger partial charge in [-0.3, -0.25) is 4.79 Å². The summed E-state index contributed by atoms with van der Waals surface area (Å²) in [6.07, 6.45) is 0. The van der Waals surface area contributed by atoms with Crippen LogP contribution in [0.4, 0.5) is 5.69 Å². The zero-order chi connectivity index (χ0) is 23.1. The molecular weight excluding hydrogens is 436 g/mol. The molecule has 1 amide bonds. The number of hydrogen-bond acceptors (Lipinski definition) is 7. The molecule has 3 rings (SSSR count). The van der Waals surface area contributed by atoms with E-state index in [1.54, 1.807) is 6.07 Å². The summed E-state index contributed by atoms with van der Waals surface area (Å²) in [5.74, 6) is -0.680. The molecular formula is C22H26N2O7S. The monoisotopic (exact) mass is 462 g/mol. The van der Waals surface area contributed by atoms with Crippen LogP contribution in [-0.2, 0) is 29.1 Å². The molecule has 9 nitrogen and oxygen atoms in total. The topological polar surface area (TPSA) is 111 Å². The Morgan fingerprint density at radius 3 is 2.34 bits per heavy atom. The van der Waals surface area contributed by atoms with Gasteiger partial charge in [-0.1, -0.05) is 6.07 Å². The number of ether oxygens (including phenoxy) is 3. The van der Waals surface area contributed by atoms with Gasteiger partial charge in [-0.2, -0.15) is 4.31 Å². The van der Waals surface area contributed by atoms with Crippen molar-refractivity contribution in [1.82, 2.24) is 4.31 Å². The first-order chi connectivity index (χ1) is 15.3. The number of nitrogens with one attached hydrogen (secondary N) is 1. The summed E-state index contributed by atoms with van der Waals surface area (Å²) in [5.41, 5.74) is 2.54. The molecule has 0 atom stereocenters. The lowest BCUT2D eigenvalue weighted by molar-refractivity contribution is -0.149. The van der Waals surface area contributed by atoms with Crippen molar-refractivity contribution in [3.8, 4) is 5.75 Å². The quantitative estimate of drug-likeness (QED) is 0.596. The van der Waals surface area contributed by atoms with Gasteiger partial charge in [0.1, 0.15) is 5.75 Å². The largest absolute Gasteiger partial charge is 0.482 e. The highest BCUT2D eigenvalue weighted by Gasteiger charge is 2.26. The fraction of sp³-hybridized carbons (Fsp3) is 0.364. The van der Waals surface area contributed by atoms with Crippen molar-refractivity contribution < 1.29 is 32.2 Å². The highest BCUT2D eigenvalue weighted by Crippen LogP contribution is 2.19. The third-order valence-corrected chi connectivity index (χ3v) is 6.86. The molecule has 0 unspecified atom stereocenters. The number of nitrogens with zero attached hydrogens (tertiary/aromatic N) is 1. The minimum Gasteiger partial charge on any atom is -0.482 e. The zero-order valence-electron chi connectivity index (χ0n) is 18.0. The molecule has 2 aromatic carbocycles. The van der Waals surface area contributed by atoms with E-state index in [4.69, 9.17) is 14.2 Å². The van der Waals surface area contributed by atoms with E-state index in [0.29, 0.717) is 37.7 Å². The predicted molar refractivity (Wildman–Crippen MR) is 117 cm³/mol. The molecule has 1 heterocycles. The van der Waals surface area contributed by atoms with Crippen molar-refractivity contribution in [2.45, 2.75) is 18.7 Å². The molecule has 1 N–H and O–H groups in total. The third kappa shape index (κ3) is 6.28. The van der Waals surface area contributed by atoms with Gasteiger partial charge < -0.3 is 19.5 Å². The van der Waals surface area contributed by atoms with Crippen molar-refractivity contribution in [3.05, 3.63) is 53.6 Å². The number of esters is 1. The maximum absolute atomic E-state index is 12.6. The van der Waals surface area contributed by atoms with Gasteiger partial charge in [0.05, 0.1) is 18.1 Å². The normalized spacial score (nSPS) is 14.6. The standard InChI is InChI=1S/C22H26N2O7S/c1-16-3-6-19(13-17(16)2)30-15-22(26)31-14-21(25)23-18-4-7-20(8-5-18)32(27,28)24-9-11-29-12-10-24/h3-8,13H,9-12,14-15H2,1-2H3,(H,23,25). The van der Waals surface area contributed by atoms with Gasteiger partial charge in [-0.25, -0.2) is 13.2 Å². The van der Waals surface area contributed by atoms with Crippen LogP contribution in [0.1, 0.15) is 11.1 Å². The van der Waals surface area contributed by atoms with Crippen molar-refractivity contribution in [2.75, 3.05) is 44.8 Å². The SMILES string of the molecule is Cc1ccc(OCC(=O)OCC(=O)Nc2ccc(S(=O)(=O)N3CCOCC3)cc2)cc1C. The van der Waals surface area contributed by atoms with Crippen LogP contribution in [0.25, 0.3) is 0 Å². The number of anilines is 1. The maximum atomic E-state index is 12.6. The number of amides is 1. The smallest absolute Gasteiger partial charge is 0.344 e. The minimum absolute atomic E-state index is 0.132. The van der Waals surface area contributed by atoms with Crippen molar-refractivity contribution in [2.24, 2.45) is 0 Å². The summed E-state index contributed by atoms with van der Waals surface area (Å²) in [6, 6.07) is 11.3. The summed E-state index contributed by atoms with van der Waals surface area (Å²) in [4.78, 5) is 24.0. The van der Waals surface area contributed by atoms with E-state index in [2.05, 4.69) is 5.32 Å². The molecule has 0 aliphatic carbocycles. The number of aryl methyl sites for hydroxylation is 2. The van der Waals surface area contributed by atoms with Crippen molar-refractivity contribution in [1.29, 1.82) is 0 Å². The van der Waals surface area contributed by atoms with Crippen LogP contribution >= 0.6 is 0 Å². The molecule has 0 bridgehead atoms. The number of sulfonamides is 1. The lowest BCUT2D eigenvalue weighted by Gasteiger charge is -2.26. The van der Waals surface area contributed by atoms with Gasteiger partial charge in [0.15, 0.2) is 13.2 Å². The van der Waals surface area contributed by atoms with E-state index in [0.717, 1.165) is 11.1 Å². The molecule has 2 aromatic rings. The number of carbonyl (C=O) groups excluding carboxylic acids is 2. The molecule has 1 aliphatic heterocycles.